The molecule has 0 radical (unpaired) electrons. The second-order valence-corrected chi connectivity index (χ2v) is 8.93. The Balaban J connectivity index is 1.20. The molecule has 0 spiro atoms. The van der Waals surface area contributed by atoms with Gasteiger partial charge < -0.3 is 14.6 Å². The lowest BCUT2D eigenvalue weighted by molar-refractivity contribution is 0.134. The molecule has 3 aromatic rings. The maximum atomic E-state index is 12.5. The van der Waals surface area contributed by atoms with Crippen LogP contribution in [-0.2, 0) is 12.8 Å². The van der Waals surface area contributed by atoms with Crippen molar-refractivity contribution in [2.24, 2.45) is 5.92 Å². The highest BCUT2D eigenvalue weighted by Crippen LogP contribution is 2.25. The van der Waals surface area contributed by atoms with Gasteiger partial charge in [-0.1, -0.05) is 30.0 Å². The third kappa shape index (κ3) is 6.34. The van der Waals surface area contributed by atoms with Gasteiger partial charge in [0.1, 0.15) is 5.75 Å². The van der Waals surface area contributed by atoms with Crippen molar-refractivity contribution in [2.45, 2.75) is 37.8 Å². The summed E-state index contributed by atoms with van der Waals surface area (Å²) in [6, 6.07) is 13.9. The molecule has 1 N–H and O–H groups in total. The Morgan fingerprint density at radius 3 is 2.68 bits per heavy atom. The summed E-state index contributed by atoms with van der Waals surface area (Å²) in [7, 11) is 0. The molecule has 1 fully saturated rings. The number of rotatable bonds is 7. The van der Waals surface area contributed by atoms with E-state index in [9.17, 15) is 4.79 Å². The van der Waals surface area contributed by atoms with Crippen LogP contribution >= 0.6 is 11.8 Å². The van der Waals surface area contributed by atoms with E-state index in [0.29, 0.717) is 11.7 Å². The molecule has 0 atom stereocenters. The fraction of sp³-hybridized carbons (Fsp3) is 0.375. The van der Waals surface area contributed by atoms with Crippen LogP contribution in [0.4, 0.5) is 4.79 Å². The lowest BCUT2D eigenvalue weighted by Crippen LogP contribution is -2.40. The molecular weight excluding hydrogens is 408 g/mol. The summed E-state index contributed by atoms with van der Waals surface area (Å²) in [5.41, 5.74) is 3.35. The third-order valence-electron chi connectivity index (χ3n) is 5.55. The SMILES string of the molecule is Cc1cccc(CCc2ccc(OC(=O)N3CCC(CSc4ncc[nH]4)CC3)cc2)n1. The van der Waals surface area contributed by atoms with Crippen molar-refractivity contribution >= 4 is 17.9 Å². The van der Waals surface area contributed by atoms with Gasteiger partial charge in [0.25, 0.3) is 0 Å². The van der Waals surface area contributed by atoms with Crippen LogP contribution < -0.4 is 4.74 Å². The Bertz CT molecular complexity index is 968. The number of ether oxygens (including phenoxy) is 1. The summed E-state index contributed by atoms with van der Waals surface area (Å²) in [6.07, 6.45) is 7.16. The predicted octanol–water partition coefficient (Wildman–Crippen LogP) is 4.90. The minimum atomic E-state index is -0.256. The molecular formula is C24H28N4O2S. The van der Waals surface area contributed by atoms with Gasteiger partial charge in [-0.05, 0) is 68.4 Å². The highest BCUT2D eigenvalue weighted by atomic mass is 32.2. The third-order valence-corrected chi connectivity index (χ3v) is 6.68. The van der Waals surface area contributed by atoms with Crippen molar-refractivity contribution in [2.75, 3.05) is 18.8 Å². The number of aromatic amines is 1. The maximum Gasteiger partial charge on any atom is 0.415 e. The van der Waals surface area contributed by atoms with Crippen LogP contribution in [0.1, 0.15) is 29.8 Å². The van der Waals surface area contributed by atoms with Crippen molar-refractivity contribution in [1.82, 2.24) is 19.9 Å². The summed E-state index contributed by atoms with van der Waals surface area (Å²) in [5.74, 6) is 2.22. The molecule has 0 aliphatic carbocycles. The zero-order valence-corrected chi connectivity index (χ0v) is 18.6. The smallest absolute Gasteiger partial charge is 0.410 e. The molecule has 1 aliphatic heterocycles. The highest BCUT2D eigenvalue weighted by molar-refractivity contribution is 7.99. The van der Waals surface area contributed by atoms with E-state index in [1.54, 1.807) is 18.0 Å². The molecule has 0 unspecified atom stereocenters. The fourth-order valence-corrected chi connectivity index (χ4v) is 4.72. The van der Waals surface area contributed by atoms with Crippen LogP contribution in [0.25, 0.3) is 0 Å². The maximum absolute atomic E-state index is 12.5. The molecule has 1 amide bonds. The molecule has 1 aliphatic rings. The minimum absolute atomic E-state index is 0.256. The van der Waals surface area contributed by atoms with Crippen LogP contribution in [0.15, 0.2) is 60.0 Å². The molecule has 0 bridgehead atoms. The molecule has 3 heterocycles. The zero-order chi connectivity index (χ0) is 21.5. The van der Waals surface area contributed by atoms with E-state index in [2.05, 4.69) is 21.0 Å². The van der Waals surface area contributed by atoms with Crippen molar-refractivity contribution in [1.29, 1.82) is 0 Å². The number of pyridine rings is 1. The lowest BCUT2D eigenvalue weighted by atomic mass is 9.99. The van der Waals surface area contributed by atoms with Gasteiger partial charge in [-0.15, -0.1) is 0 Å². The fourth-order valence-electron chi connectivity index (χ4n) is 3.71. The second-order valence-electron chi connectivity index (χ2n) is 7.92. The first-order chi connectivity index (χ1) is 15.2. The van der Waals surface area contributed by atoms with E-state index < -0.39 is 0 Å². The van der Waals surface area contributed by atoms with Gasteiger partial charge in [0, 0.05) is 42.6 Å². The lowest BCUT2D eigenvalue weighted by Gasteiger charge is -2.30. The first-order valence-electron chi connectivity index (χ1n) is 10.8. The molecule has 31 heavy (non-hydrogen) atoms. The molecule has 6 nitrogen and oxygen atoms in total. The first-order valence-corrected chi connectivity index (χ1v) is 11.7. The predicted molar refractivity (Wildman–Crippen MR) is 122 cm³/mol. The molecule has 4 rings (SSSR count). The van der Waals surface area contributed by atoms with Gasteiger partial charge in [0.05, 0.1) is 0 Å². The summed E-state index contributed by atoms with van der Waals surface area (Å²) in [4.78, 5) is 26.2. The Labute approximate surface area is 187 Å². The summed E-state index contributed by atoms with van der Waals surface area (Å²) in [5, 5.41) is 0.959. The topological polar surface area (TPSA) is 71.1 Å². The number of nitrogens with zero attached hydrogens (tertiary/aromatic N) is 3. The number of amides is 1. The van der Waals surface area contributed by atoms with Gasteiger partial charge >= 0.3 is 6.09 Å². The number of carbonyl (C=O) groups excluding carboxylic acids is 1. The monoisotopic (exact) mass is 436 g/mol. The van der Waals surface area contributed by atoms with Crippen LogP contribution in [-0.4, -0.2) is 44.8 Å². The zero-order valence-electron chi connectivity index (χ0n) is 17.8. The number of thioether (sulfide) groups is 1. The Morgan fingerprint density at radius 2 is 1.97 bits per heavy atom. The van der Waals surface area contributed by atoms with Crippen molar-refractivity contribution in [3.05, 3.63) is 71.8 Å². The second kappa shape index (κ2) is 10.5. The van der Waals surface area contributed by atoms with Gasteiger partial charge in [0.2, 0.25) is 0 Å². The molecule has 0 saturated carbocycles. The molecule has 1 aromatic carbocycles. The average molecular weight is 437 g/mol. The number of piperidine rings is 1. The number of benzene rings is 1. The Morgan fingerprint density at radius 1 is 1.16 bits per heavy atom. The Kier molecular flexibility index (Phi) is 7.25. The largest absolute Gasteiger partial charge is 0.415 e. The van der Waals surface area contributed by atoms with Crippen LogP contribution in [0.2, 0.25) is 0 Å². The van der Waals surface area contributed by atoms with Crippen molar-refractivity contribution in [3.8, 4) is 5.75 Å². The minimum Gasteiger partial charge on any atom is -0.410 e. The first kappa shape index (κ1) is 21.4. The van der Waals surface area contributed by atoms with E-state index >= 15 is 0 Å². The molecule has 2 aromatic heterocycles. The normalized spacial score (nSPS) is 14.5. The number of aromatic nitrogens is 3. The van der Waals surface area contributed by atoms with E-state index in [4.69, 9.17) is 4.74 Å². The molecule has 1 saturated heterocycles. The number of H-pyrrole nitrogens is 1. The summed E-state index contributed by atoms with van der Waals surface area (Å²) >= 11 is 1.74. The van der Waals surface area contributed by atoms with Crippen LogP contribution in [0, 0.1) is 12.8 Å². The molecule has 7 heteroatoms. The average Bonchev–Trinajstić information content (AvgIpc) is 3.31. The van der Waals surface area contributed by atoms with E-state index in [0.717, 1.165) is 61.1 Å². The van der Waals surface area contributed by atoms with E-state index in [1.165, 1.54) is 5.56 Å². The van der Waals surface area contributed by atoms with Crippen molar-refractivity contribution in [3.63, 3.8) is 0 Å². The van der Waals surface area contributed by atoms with E-state index in [-0.39, 0.29) is 6.09 Å². The number of hydrogen-bond acceptors (Lipinski definition) is 5. The van der Waals surface area contributed by atoms with Gasteiger partial charge in [-0.2, -0.15) is 0 Å². The highest BCUT2D eigenvalue weighted by Gasteiger charge is 2.24. The van der Waals surface area contributed by atoms with Gasteiger partial charge in [0.15, 0.2) is 5.16 Å². The molecule has 162 valence electrons. The van der Waals surface area contributed by atoms with Crippen LogP contribution in [0.3, 0.4) is 0 Å². The number of aryl methyl sites for hydroxylation is 3. The summed E-state index contributed by atoms with van der Waals surface area (Å²) in [6.45, 7) is 3.49. The van der Waals surface area contributed by atoms with Gasteiger partial charge in [-0.25, -0.2) is 9.78 Å². The quantitative estimate of drug-likeness (QED) is 0.533. The summed E-state index contributed by atoms with van der Waals surface area (Å²) < 4.78 is 5.60. The van der Waals surface area contributed by atoms with Crippen molar-refractivity contribution < 1.29 is 9.53 Å². The van der Waals surface area contributed by atoms with E-state index in [1.807, 2.05) is 54.4 Å². The number of likely N-dealkylation sites (tertiary alicyclic amines) is 1. The number of hydrogen-bond donors (Lipinski definition) is 1. The number of imidazole rings is 1. The number of carbonyl (C=O) groups is 1. The number of nitrogens with one attached hydrogen (secondary N) is 1. The standard InChI is InChI=1S/C24H28N4O2S/c1-18-3-2-4-21(27-18)8-5-19-6-9-22(10-7-19)30-24(29)28-15-11-20(12-16-28)17-31-23-25-13-14-26-23/h2-4,6-7,9-10,13-14,20H,5,8,11-12,15-17H2,1H3,(H,25,26). The van der Waals surface area contributed by atoms with Gasteiger partial charge in [-0.3, -0.25) is 4.98 Å². The Hall–Kier alpha value is -2.80. The van der Waals surface area contributed by atoms with Crippen LogP contribution in [0.5, 0.6) is 5.75 Å².